The molecule has 0 aromatic heterocycles. The van der Waals surface area contributed by atoms with Gasteiger partial charge in [-0.3, -0.25) is 14.5 Å². The van der Waals surface area contributed by atoms with Crippen LogP contribution < -0.4 is 24.3 Å². The molecular weight excluding hydrogens is 524 g/mol. The lowest BCUT2D eigenvalue weighted by atomic mass is 10.2. The number of thioether (sulfide) groups is 1. The number of thiocarbonyl (C=S) groups is 1. The Labute approximate surface area is 229 Å². The lowest BCUT2D eigenvalue weighted by Gasteiger charge is -2.14. The minimum Gasteiger partial charge on any atom is -0.494 e. The number of carbonyl (C=O) groups excluding carboxylic acids is 2. The molecule has 5 rings (SSSR count). The summed E-state index contributed by atoms with van der Waals surface area (Å²) >= 11 is 6.73. The number of rotatable bonds is 9. The molecule has 2 amide bonds. The van der Waals surface area contributed by atoms with Gasteiger partial charge in [0.2, 0.25) is 6.79 Å². The molecule has 0 saturated carbocycles. The Kier molecular flexibility index (Phi) is 7.81. The van der Waals surface area contributed by atoms with Gasteiger partial charge in [-0.2, -0.15) is 0 Å². The maximum Gasteiger partial charge on any atom is 0.266 e. The van der Waals surface area contributed by atoms with Crippen molar-refractivity contribution in [3.8, 4) is 23.0 Å². The molecule has 0 atom stereocenters. The van der Waals surface area contributed by atoms with E-state index in [1.54, 1.807) is 47.4 Å². The first-order valence-electron chi connectivity index (χ1n) is 11.9. The van der Waals surface area contributed by atoms with Crippen LogP contribution in [-0.2, 0) is 16.1 Å². The Morgan fingerprint density at radius 3 is 2.50 bits per heavy atom. The summed E-state index contributed by atoms with van der Waals surface area (Å²) in [5.74, 6) is 2.22. The molecule has 0 radical (unpaired) electrons. The third-order valence-corrected chi connectivity index (χ3v) is 7.03. The van der Waals surface area contributed by atoms with E-state index in [1.165, 1.54) is 11.8 Å². The van der Waals surface area contributed by atoms with E-state index in [9.17, 15) is 9.59 Å². The molecule has 3 aromatic rings. The number of nitrogens with zero attached hydrogens (tertiary/aromatic N) is 1. The van der Waals surface area contributed by atoms with E-state index in [4.69, 9.17) is 31.2 Å². The van der Waals surface area contributed by atoms with Crippen molar-refractivity contribution in [1.29, 1.82) is 0 Å². The minimum atomic E-state index is -0.274. The predicted molar refractivity (Wildman–Crippen MR) is 149 cm³/mol. The zero-order valence-electron chi connectivity index (χ0n) is 20.5. The summed E-state index contributed by atoms with van der Waals surface area (Å²) in [6, 6.07) is 19.9. The molecule has 0 bridgehead atoms. The molecule has 1 saturated heterocycles. The second-order valence-corrected chi connectivity index (χ2v) is 9.99. The minimum absolute atomic E-state index is 0.134. The summed E-state index contributed by atoms with van der Waals surface area (Å²) in [7, 11) is 0. The molecule has 38 heavy (non-hydrogen) atoms. The van der Waals surface area contributed by atoms with Gasteiger partial charge in [-0.25, -0.2) is 0 Å². The van der Waals surface area contributed by atoms with Crippen molar-refractivity contribution in [2.24, 2.45) is 0 Å². The average Bonchev–Trinajstić information content (AvgIpc) is 3.49. The predicted octanol–water partition coefficient (Wildman–Crippen LogP) is 5.23. The number of fused-ring (bicyclic) bond motifs is 1. The van der Waals surface area contributed by atoms with Crippen LogP contribution in [0.15, 0.2) is 71.6 Å². The number of nitrogens with one attached hydrogen (secondary N) is 1. The van der Waals surface area contributed by atoms with Crippen LogP contribution >= 0.6 is 24.0 Å². The average molecular weight is 549 g/mol. The zero-order chi connectivity index (χ0) is 26.5. The number of anilines is 1. The molecule has 0 unspecified atom stereocenters. The summed E-state index contributed by atoms with van der Waals surface area (Å²) in [6.07, 6.45) is 1.79. The van der Waals surface area contributed by atoms with E-state index in [2.05, 4.69) is 5.32 Å². The maximum absolute atomic E-state index is 13.0. The Morgan fingerprint density at radius 1 is 1.03 bits per heavy atom. The van der Waals surface area contributed by atoms with Crippen molar-refractivity contribution in [2.75, 3.05) is 25.3 Å². The SMILES string of the molecule is CCOc1ccc(NC(=O)COc2ccc(/C=C3\SC(=S)N(Cc4ccc5c(c4)OCO5)C3=O)cc2)cc1. The first kappa shape index (κ1) is 25.6. The van der Waals surface area contributed by atoms with Gasteiger partial charge in [0.1, 0.15) is 15.8 Å². The van der Waals surface area contributed by atoms with Crippen molar-refractivity contribution in [2.45, 2.75) is 13.5 Å². The van der Waals surface area contributed by atoms with Gasteiger partial charge in [-0.05, 0) is 72.7 Å². The summed E-state index contributed by atoms with van der Waals surface area (Å²) in [5, 5.41) is 2.78. The van der Waals surface area contributed by atoms with E-state index >= 15 is 0 Å². The molecular formula is C28H24N2O6S2. The Balaban J connectivity index is 1.14. The Bertz CT molecular complexity index is 1390. The van der Waals surface area contributed by atoms with Gasteiger partial charge in [-0.1, -0.05) is 42.2 Å². The highest BCUT2D eigenvalue weighted by Crippen LogP contribution is 2.36. The molecule has 8 nitrogen and oxygen atoms in total. The largest absolute Gasteiger partial charge is 0.494 e. The molecule has 2 aliphatic heterocycles. The fraction of sp³-hybridized carbons (Fsp3) is 0.179. The fourth-order valence-electron chi connectivity index (χ4n) is 3.82. The van der Waals surface area contributed by atoms with Crippen LogP contribution in [-0.4, -0.2) is 41.0 Å². The van der Waals surface area contributed by atoms with Crippen LogP contribution in [0.5, 0.6) is 23.0 Å². The smallest absolute Gasteiger partial charge is 0.266 e. The summed E-state index contributed by atoms with van der Waals surface area (Å²) < 4.78 is 22.3. The van der Waals surface area contributed by atoms with Crippen LogP contribution in [0.3, 0.4) is 0 Å². The van der Waals surface area contributed by atoms with Crippen molar-refractivity contribution in [1.82, 2.24) is 4.90 Å². The molecule has 1 fully saturated rings. The number of benzene rings is 3. The lowest BCUT2D eigenvalue weighted by molar-refractivity contribution is -0.122. The maximum atomic E-state index is 13.0. The van der Waals surface area contributed by atoms with E-state index in [0.29, 0.717) is 45.3 Å². The number of carbonyl (C=O) groups is 2. The van der Waals surface area contributed by atoms with Gasteiger partial charge >= 0.3 is 0 Å². The number of ether oxygens (including phenoxy) is 4. The molecule has 194 valence electrons. The first-order chi connectivity index (χ1) is 18.5. The highest BCUT2D eigenvalue weighted by molar-refractivity contribution is 8.26. The van der Waals surface area contributed by atoms with Gasteiger partial charge in [0, 0.05) is 5.69 Å². The van der Waals surface area contributed by atoms with Crippen molar-refractivity contribution >= 4 is 51.9 Å². The van der Waals surface area contributed by atoms with Gasteiger partial charge in [0.25, 0.3) is 11.8 Å². The van der Waals surface area contributed by atoms with Gasteiger partial charge in [0.15, 0.2) is 18.1 Å². The van der Waals surface area contributed by atoms with Crippen molar-refractivity contribution < 1.29 is 28.5 Å². The number of hydrogen-bond donors (Lipinski definition) is 1. The van der Waals surface area contributed by atoms with Crippen LogP contribution in [0.2, 0.25) is 0 Å². The van der Waals surface area contributed by atoms with Gasteiger partial charge in [-0.15, -0.1) is 0 Å². The second-order valence-electron chi connectivity index (χ2n) is 8.32. The number of amides is 2. The zero-order valence-corrected chi connectivity index (χ0v) is 22.1. The van der Waals surface area contributed by atoms with Gasteiger partial charge < -0.3 is 24.3 Å². The van der Waals surface area contributed by atoms with Crippen LogP contribution in [0, 0.1) is 0 Å². The Hall–Kier alpha value is -4.02. The quantitative estimate of drug-likeness (QED) is 0.287. The van der Waals surface area contributed by atoms with Gasteiger partial charge in [0.05, 0.1) is 18.1 Å². The van der Waals surface area contributed by atoms with Crippen molar-refractivity contribution in [3.63, 3.8) is 0 Å². The van der Waals surface area contributed by atoms with Crippen molar-refractivity contribution in [3.05, 3.63) is 82.8 Å². The summed E-state index contributed by atoms with van der Waals surface area (Å²) in [6.45, 7) is 2.91. The third-order valence-electron chi connectivity index (χ3n) is 5.65. The molecule has 2 aliphatic rings. The second kappa shape index (κ2) is 11.6. The van der Waals surface area contributed by atoms with E-state index in [-0.39, 0.29) is 25.2 Å². The summed E-state index contributed by atoms with van der Waals surface area (Å²) in [4.78, 5) is 27.4. The van der Waals surface area contributed by atoms with Crippen LogP contribution in [0.25, 0.3) is 6.08 Å². The topological polar surface area (TPSA) is 86.3 Å². The van der Waals surface area contributed by atoms with Crippen LogP contribution in [0.1, 0.15) is 18.1 Å². The summed E-state index contributed by atoms with van der Waals surface area (Å²) in [5.41, 5.74) is 2.38. The van der Waals surface area contributed by atoms with E-state index < -0.39 is 0 Å². The monoisotopic (exact) mass is 548 g/mol. The first-order valence-corrected chi connectivity index (χ1v) is 13.1. The van der Waals surface area contributed by atoms with Crippen LogP contribution in [0.4, 0.5) is 5.69 Å². The standard InChI is InChI=1S/C28H24N2O6S2/c1-2-33-21-10-6-20(7-11-21)29-26(31)16-34-22-8-3-18(4-9-22)14-25-27(32)30(28(37)38-25)15-19-5-12-23-24(13-19)36-17-35-23/h3-14H,2,15-17H2,1H3,(H,29,31)/b25-14-. The molecule has 3 aromatic carbocycles. The van der Waals surface area contributed by atoms with E-state index in [0.717, 1.165) is 16.9 Å². The molecule has 10 heteroatoms. The molecule has 0 aliphatic carbocycles. The normalized spacial score (nSPS) is 15.2. The lowest BCUT2D eigenvalue weighted by Crippen LogP contribution is -2.27. The molecule has 2 heterocycles. The Morgan fingerprint density at radius 2 is 1.74 bits per heavy atom. The highest BCUT2D eigenvalue weighted by Gasteiger charge is 2.32. The third kappa shape index (κ3) is 6.09. The molecule has 1 N–H and O–H groups in total. The highest BCUT2D eigenvalue weighted by atomic mass is 32.2. The molecule has 0 spiro atoms. The number of hydrogen-bond acceptors (Lipinski definition) is 8. The fourth-order valence-corrected chi connectivity index (χ4v) is 5.07. The van der Waals surface area contributed by atoms with E-state index in [1.807, 2.05) is 37.3 Å².